The average Bonchev–Trinajstić information content (AvgIpc) is 3.67. The van der Waals surface area contributed by atoms with E-state index in [1.54, 1.807) is 0 Å². The SMILES string of the molecule is FC(F)(F)c1ccc(P(CC2C3CCC(C3)C2CP(c2ccc(C(F)(F)F)cc2)c2ccc(C(F)(F)F)cc2)c2ccc(C(F)(F)F)cc2)cc1. The quantitative estimate of drug-likeness (QED) is 0.124. The van der Waals surface area contributed by atoms with E-state index in [1.165, 1.54) is 48.5 Å². The van der Waals surface area contributed by atoms with Gasteiger partial charge < -0.3 is 0 Å². The number of hydrogen-bond donors (Lipinski definition) is 0. The topological polar surface area (TPSA) is 0 Å². The molecule has 2 bridgehead atoms. The summed E-state index contributed by atoms with van der Waals surface area (Å²) in [6, 6.07) is 18.6. The Balaban J connectivity index is 1.36. The standard InChI is InChI=1S/C37H30F12P2/c38-34(39,40)24-3-11-28(12-4-24)50(29-13-5-25(6-14-29)35(41,42)43)20-32-22-1-2-23(19-22)33(32)21-51(30-15-7-26(8-16-30)36(44,45)46)31-17-9-27(10-18-31)37(47,48)49/h3-18,22-23,32-33H,1-2,19-21H2. The largest absolute Gasteiger partial charge is 0.416 e. The molecule has 0 spiro atoms. The van der Waals surface area contributed by atoms with Crippen LogP contribution in [0.15, 0.2) is 97.1 Å². The second kappa shape index (κ2) is 14.0. The highest BCUT2D eigenvalue weighted by atomic mass is 31.1. The second-order valence-electron chi connectivity index (χ2n) is 13.1. The van der Waals surface area contributed by atoms with Crippen molar-refractivity contribution in [3.63, 3.8) is 0 Å². The number of alkyl halides is 12. The van der Waals surface area contributed by atoms with Gasteiger partial charge in [-0.15, -0.1) is 0 Å². The predicted molar refractivity (Wildman–Crippen MR) is 176 cm³/mol. The van der Waals surface area contributed by atoms with Gasteiger partial charge in [0.05, 0.1) is 22.3 Å². The number of hydrogen-bond acceptors (Lipinski definition) is 0. The van der Waals surface area contributed by atoms with Crippen molar-refractivity contribution in [3.8, 4) is 0 Å². The van der Waals surface area contributed by atoms with E-state index in [1.807, 2.05) is 0 Å². The lowest BCUT2D eigenvalue weighted by Gasteiger charge is -2.36. The van der Waals surface area contributed by atoms with Crippen molar-refractivity contribution in [1.29, 1.82) is 0 Å². The summed E-state index contributed by atoms with van der Waals surface area (Å²) in [5.41, 5.74) is -3.43. The Morgan fingerprint density at radius 2 is 0.588 bits per heavy atom. The Kier molecular flexibility index (Phi) is 10.4. The van der Waals surface area contributed by atoms with Gasteiger partial charge in [-0.2, -0.15) is 52.7 Å². The zero-order valence-corrected chi connectivity index (χ0v) is 28.3. The van der Waals surface area contributed by atoms with Crippen molar-refractivity contribution in [2.24, 2.45) is 23.7 Å². The first-order chi connectivity index (χ1) is 23.8. The molecule has 0 aromatic heterocycles. The van der Waals surface area contributed by atoms with E-state index in [0.717, 1.165) is 67.8 Å². The molecule has 0 aliphatic heterocycles. The number of halogens is 12. The molecule has 2 saturated carbocycles. The highest BCUT2D eigenvalue weighted by Gasteiger charge is 2.49. The van der Waals surface area contributed by atoms with Crippen LogP contribution in [0.3, 0.4) is 0 Å². The fourth-order valence-corrected chi connectivity index (χ4v) is 13.0. The van der Waals surface area contributed by atoms with E-state index >= 15 is 0 Å². The number of benzene rings is 4. The van der Waals surface area contributed by atoms with Gasteiger partial charge in [0.2, 0.25) is 0 Å². The number of fused-ring (bicyclic) bond motifs is 2. The summed E-state index contributed by atoms with van der Waals surface area (Å²) in [5, 5.41) is 2.25. The molecule has 2 aliphatic rings. The summed E-state index contributed by atoms with van der Waals surface area (Å²) < 4.78 is 161. The first-order valence-corrected chi connectivity index (χ1v) is 19.1. The van der Waals surface area contributed by atoms with Crippen LogP contribution in [0.5, 0.6) is 0 Å². The van der Waals surface area contributed by atoms with Crippen LogP contribution < -0.4 is 21.2 Å². The molecule has 4 aromatic rings. The van der Waals surface area contributed by atoms with Crippen LogP contribution in [0.2, 0.25) is 0 Å². The van der Waals surface area contributed by atoms with Crippen molar-refractivity contribution >= 4 is 37.1 Å². The van der Waals surface area contributed by atoms with Crippen molar-refractivity contribution in [1.82, 2.24) is 0 Å². The van der Waals surface area contributed by atoms with Crippen LogP contribution in [0, 0.1) is 23.7 Å². The zero-order valence-electron chi connectivity index (χ0n) is 26.5. The van der Waals surface area contributed by atoms with Gasteiger partial charge in [0, 0.05) is 0 Å². The Labute approximate surface area is 288 Å². The Hall–Kier alpha value is -3.10. The van der Waals surface area contributed by atoms with Crippen LogP contribution in [0.4, 0.5) is 52.7 Å². The predicted octanol–water partition coefficient (Wildman–Crippen LogP) is 11.0. The summed E-state index contributed by atoms with van der Waals surface area (Å²) in [7, 11) is -2.89. The lowest BCUT2D eigenvalue weighted by atomic mass is 9.81. The lowest BCUT2D eigenvalue weighted by Crippen LogP contribution is -2.32. The molecule has 2 aliphatic carbocycles. The molecule has 272 valence electrons. The molecule has 6 rings (SSSR count). The maximum atomic E-state index is 13.4. The van der Waals surface area contributed by atoms with Crippen LogP contribution >= 0.6 is 15.8 Å². The van der Waals surface area contributed by atoms with E-state index in [4.69, 9.17) is 0 Å². The fourth-order valence-electron chi connectivity index (χ4n) is 7.56. The molecule has 0 amide bonds. The molecule has 14 heteroatoms. The summed E-state index contributed by atoms with van der Waals surface area (Å²) in [4.78, 5) is 0. The number of rotatable bonds is 8. The molecule has 51 heavy (non-hydrogen) atoms. The van der Waals surface area contributed by atoms with Crippen LogP contribution in [-0.2, 0) is 24.7 Å². The van der Waals surface area contributed by atoms with Crippen molar-refractivity contribution in [3.05, 3.63) is 119 Å². The van der Waals surface area contributed by atoms with Gasteiger partial charge in [-0.25, -0.2) is 0 Å². The first-order valence-electron chi connectivity index (χ1n) is 16.0. The molecule has 4 aromatic carbocycles. The van der Waals surface area contributed by atoms with Gasteiger partial charge >= 0.3 is 24.7 Å². The third-order valence-corrected chi connectivity index (χ3v) is 15.3. The van der Waals surface area contributed by atoms with Crippen molar-refractivity contribution in [2.45, 2.75) is 44.0 Å². The third kappa shape index (κ3) is 8.43. The Morgan fingerprint density at radius 3 is 0.784 bits per heavy atom. The smallest absolute Gasteiger partial charge is 0.166 e. The van der Waals surface area contributed by atoms with E-state index in [9.17, 15) is 52.7 Å². The van der Waals surface area contributed by atoms with E-state index in [-0.39, 0.29) is 23.7 Å². The van der Waals surface area contributed by atoms with Gasteiger partial charge in [-0.1, -0.05) is 48.5 Å². The molecule has 0 N–H and O–H groups in total. The maximum absolute atomic E-state index is 13.4. The molecule has 4 atom stereocenters. The Bertz CT molecular complexity index is 1530. The highest BCUT2D eigenvalue weighted by molar-refractivity contribution is 7.73. The van der Waals surface area contributed by atoms with Crippen LogP contribution in [0.1, 0.15) is 41.5 Å². The fraction of sp³-hybridized carbons (Fsp3) is 0.351. The molecule has 0 nitrogen and oxygen atoms in total. The summed E-state index contributed by atoms with van der Waals surface area (Å²) in [6.45, 7) is 0. The molecule has 0 heterocycles. The molecule has 0 radical (unpaired) electrons. The molecule has 0 saturated heterocycles. The average molecular weight is 765 g/mol. The zero-order chi connectivity index (χ0) is 36.9. The van der Waals surface area contributed by atoms with Gasteiger partial charge in [0.15, 0.2) is 0 Å². The minimum atomic E-state index is -4.58. The molecular formula is C37H30F12P2. The van der Waals surface area contributed by atoms with Crippen LogP contribution in [-0.4, -0.2) is 12.3 Å². The third-order valence-electron chi connectivity index (χ3n) is 10.1. The highest BCUT2D eigenvalue weighted by Crippen LogP contribution is 2.59. The first kappa shape index (κ1) is 37.7. The molecule has 2 fully saturated rings. The molecule has 4 unspecified atom stereocenters. The van der Waals surface area contributed by atoms with E-state index in [2.05, 4.69) is 0 Å². The summed E-state index contributed by atoms with van der Waals surface area (Å²) in [5.74, 6) is 0.388. The van der Waals surface area contributed by atoms with Crippen LogP contribution in [0.25, 0.3) is 0 Å². The summed E-state index contributed by atoms with van der Waals surface area (Å²) in [6.07, 6.45) is -14.8. The monoisotopic (exact) mass is 764 g/mol. The minimum absolute atomic E-state index is 0.0201. The van der Waals surface area contributed by atoms with Gasteiger partial charge in [0.1, 0.15) is 0 Å². The van der Waals surface area contributed by atoms with Crippen molar-refractivity contribution in [2.75, 3.05) is 12.3 Å². The molecular weight excluding hydrogens is 734 g/mol. The van der Waals surface area contributed by atoms with Crippen molar-refractivity contribution < 1.29 is 52.7 Å². The second-order valence-corrected chi connectivity index (χ2v) is 17.6. The normalized spacial score (nSPS) is 21.2. The van der Waals surface area contributed by atoms with E-state index < -0.39 is 62.8 Å². The summed E-state index contributed by atoms with van der Waals surface area (Å²) >= 11 is 0. The van der Waals surface area contributed by atoms with Gasteiger partial charge in [0.25, 0.3) is 0 Å². The van der Waals surface area contributed by atoms with Gasteiger partial charge in [-0.05, 0) is 141 Å². The maximum Gasteiger partial charge on any atom is 0.416 e. The minimum Gasteiger partial charge on any atom is -0.166 e. The lowest BCUT2D eigenvalue weighted by molar-refractivity contribution is -0.138. The van der Waals surface area contributed by atoms with E-state index in [0.29, 0.717) is 33.5 Å². The van der Waals surface area contributed by atoms with Gasteiger partial charge in [-0.3, -0.25) is 0 Å². The Morgan fingerprint density at radius 1 is 0.373 bits per heavy atom.